The number of aliphatic hydroxyl groups excluding tert-OH is 1. The molecule has 2 N–H and O–H groups in total. The van der Waals surface area contributed by atoms with Crippen LogP contribution in [0.25, 0.3) is 0 Å². The molecule has 0 amide bonds. The molecule has 106 valence electrons. The number of hydrogen-bond donors (Lipinski definition) is 2. The number of aliphatic hydroxyl groups is 1. The fraction of sp³-hybridized carbons (Fsp3) is 0.500. The molecule has 0 aliphatic heterocycles. The Kier molecular flexibility index (Phi) is 5.40. The van der Waals surface area contributed by atoms with Crippen molar-refractivity contribution in [1.82, 2.24) is 0 Å². The van der Waals surface area contributed by atoms with Crippen LogP contribution in [-0.4, -0.2) is 23.2 Å². The highest BCUT2D eigenvalue weighted by Crippen LogP contribution is 2.34. The van der Waals surface area contributed by atoms with Crippen molar-refractivity contribution in [2.75, 3.05) is 18.5 Å². The molecular formula is C12H16Cl2N2O3. The Hall–Kier alpha value is -1.04. The molecule has 0 bridgehead atoms. The number of nitro groups is 1. The predicted molar refractivity (Wildman–Crippen MR) is 77.1 cm³/mol. The van der Waals surface area contributed by atoms with Gasteiger partial charge in [0, 0.05) is 19.2 Å². The Morgan fingerprint density at radius 1 is 1.37 bits per heavy atom. The number of halogens is 2. The molecule has 7 heteroatoms. The molecule has 0 radical (unpaired) electrons. The summed E-state index contributed by atoms with van der Waals surface area (Å²) in [5.74, 6) is 0. The summed E-state index contributed by atoms with van der Waals surface area (Å²) in [7, 11) is 0. The predicted octanol–water partition coefficient (Wildman–Crippen LogP) is 3.72. The van der Waals surface area contributed by atoms with Crippen molar-refractivity contribution >= 4 is 34.6 Å². The van der Waals surface area contributed by atoms with Gasteiger partial charge in [-0.2, -0.15) is 0 Å². The van der Waals surface area contributed by atoms with Crippen LogP contribution in [0.3, 0.4) is 0 Å². The zero-order chi connectivity index (χ0) is 14.6. The van der Waals surface area contributed by atoms with Crippen LogP contribution in [0.2, 0.25) is 10.0 Å². The summed E-state index contributed by atoms with van der Waals surface area (Å²) in [5, 5.41) is 23.3. The molecule has 0 atom stereocenters. The lowest BCUT2D eigenvalue weighted by atomic mass is 9.89. The topological polar surface area (TPSA) is 75.4 Å². The number of anilines is 1. The third-order valence-corrected chi connectivity index (χ3v) is 3.50. The van der Waals surface area contributed by atoms with Gasteiger partial charge in [-0.05, 0) is 17.9 Å². The van der Waals surface area contributed by atoms with Crippen LogP contribution in [-0.2, 0) is 0 Å². The summed E-state index contributed by atoms with van der Waals surface area (Å²) >= 11 is 11.6. The first-order chi connectivity index (χ1) is 8.76. The van der Waals surface area contributed by atoms with Crippen LogP contribution in [0.5, 0.6) is 0 Å². The van der Waals surface area contributed by atoms with Crippen molar-refractivity contribution in [1.29, 1.82) is 0 Å². The molecule has 0 aliphatic rings. The van der Waals surface area contributed by atoms with E-state index >= 15 is 0 Å². The maximum Gasteiger partial charge on any atom is 0.293 e. The van der Waals surface area contributed by atoms with Crippen molar-refractivity contribution in [2.45, 2.75) is 20.3 Å². The van der Waals surface area contributed by atoms with E-state index in [0.29, 0.717) is 18.7 Å². The number of nitro benzene ring substituents is 1. The Labute approximate surface area is 121 Å². The monoisotopic (exact) mass is 306 g/mol. The maximum atomic E-state index is 11.0. The fourth-order valence-electron chi connectivity index (χ4n) is 1.55. The van der Waals surface area contributed by atoms with Crippen LogP contribution in [0.1, 0.15) is 20.3 Å². The first-order valence-electron chi connectivity index (χ1n) is 5.75. The van der Waals surface area contributed by atoms with Gasteiger partial charge < -0.3 is 10.4 Å². The zero-order valence-electron chi connectivity index (χ0n) is 10.7. The first kappa shape index (κ1) is 16.0. The smallest absolute Gasteiger partial charge is 0.293 e. The lowest BCUT2D eigenvalue weighted by Gasteiger charge is -2.24. The Morgan fingerprint density at radius 3 is 2.47 bits per heavy atom. The van der Waals surface area contributed by atoms with E-state index in [0.717, 1.165) is 0 Å². The summed E-state index contributed by atoms with van der Waals surface area (Å²) < 4.78 is 0. The molecule has 0 spiro atoms. The van der Waals surface area contributed by atoms with Gasteiger partial charge in [0.05, 0.1) is 15.0 Å². The SMILES string of the molecule is CC(C)(CCO)CNc1cc(Cl)c(Cl)cc1[N+](=O)[O-]. The molecule has 0 heterocycles. The normalized spacial score (nSPS) is 11.4. The largest absolute Gasteiger partial charge is 0.396 e. The van der Waals surface area contributed by atoms with Gasteiger partial charge in [0.15, 0.2) is 0 Å². The first-order valence-corrected chi connectivity index (χ1v) is 6.50. The highest BCUT2D eigenvalue weighted by Gasteiger charge is 2.21. The molecule has 0 unspecified atom stereocenters. The van der Waals surface area contributed by atoms with Gasteiger partial charge in [-0.15, -0.1) is 0 Å². The Balaban J connectivity index is 2.94. The minimum atomic E-state index is -0.510. The molecule has 1 aromatic carbocycles. The van der Waals surface area contributed by atoms with Gasteiger partial charge in [-0.25, -0.2) is 0 Å². The van der Waals surface area contributed by atoms with E-state index in [9.17, 15) is 10.1 Å². The molecule has 0 saturated heterocycles. The van der Waals surface area contributed by atoms with E-state index in [1.165, 1.54) is 12.1 Å². The van der Waals surface area contributed by atoms with Crippen molar-refractivity contribution < 1.29 is 10.0 Å². The summed E-state index contributed by atoms with van der Waals surface area (Å²) in [6, 6.07) is 2.67. The van der Waals surface area contributed by atoms with E-state index < -0.39 is 4.92 Å². The molecule has 0 aromatic heterocycles. The van der Waals surface area contributed by atoms with Crippen LogP contribution in [0.15, 0.2) is 12.1 Å². The van der Waals surface area contributed by atoms with Crippen molar-refractivity contribution in [3.63, 3.8) is 0 Å². The average Bonchev–Trinajstić information content (AvgIpc) is 2.30. The summed E-state index contributed by atoms with van der Waals surface area (Å²) in [4.78, 5) is 10.4. The van der Waals surface area contributed by atoms with E-state index in [-0.39, 0.29) is 27.8 Å². The second-order valence-corrected chi connectivity index (χ2v) is 5.85. The third-order valence-electron chi connectivity index (χ3n) is 2.78. The quantitative estimate of drug-likeness (QED) is 0.620. The molecule has 0 aliphatic carbocycles. The number of nitrogens with one attached hydrogen (secondary N) is 1. The molecule has 5 nitrogen and oxygen atoms in total. The standard InChI is InChI=1S/C12H16Cl2N2O3/c1-12(2,3-4-17)7-15-10-5-8(13)9(14)6-11(10)16(18)19/h5-6,15,17H,3-4,7H2,1-2H3. The van der Waals surface area contributed by atoms with Gasteiger partial charge in [-0.1, -0.05) is 37.0 Å². The van der Waals surface area contributed by atoms with Crippen molar-refractivity contribution in [3.8, 4) is 0 Å². The van der Waals surface area contributed by atoms with Crippen LogP contribution in [0, 0.1) is 15.5 Å². The summed E-state index contributed by atoms with van der Waals surface area (Å²) in [5.41, 5.74) is 0.0222. The van der Waals surface area contributed by atoms with E-state index in [1.54, 1.807) is 0 Å². The minimum absolute atomic E-state index is 0.0676. The highest BCUT2D eigenvalue weighted by molar-refractivity contribution is 6.42. The van der Waals surface area contributed by atoms with Crippen molar-refractivity contribution in [3.05, 3.63) is 32.3 Å². The zero-order valence-corrected chi connectivity index (χ0v) is 12.3. The summed E-state index contributed by atoms with van der Waals surface area (Å²) in [6.07, 6.45) is 0.592. The Bertz CT molecular complexity index is 478. The molecule has 0 saturated carbocycles. The number of hydrogen-bond acceptors (Lipinski definition) is 4. The molecule has 0 fully saturated rings. The molecule has 1 rings (SSSR count). The van der Waals surface area contributed by atoms with Gasteiger partial charge in [0.1, 0.15) is 5.69 Å². The van der Waals surface area contributed by atoms with Crippen molar-refractivity contribution in [2.24, 2.45) is 5.41 Å². The van der Waals surface area contributed by atoms with Crippen LogP contribution < -0.4 is 5.32 Å². The fourth-order valence-corrected chi connectivity index (χ4v) is 1.88. The molecular weight excluding hydrogens is 291 g/mol. The second-order valence-electron chi connectivity index (χ2n) is 5.03. The van der Waals surface area contributed by atoms with E-state index in [2.05, 4.69) is 5.32 Å². The lowest BCUT2D eigenvalue weighted by Crippen LogP contribution is -2.24. The maximum absolute atomic E-state index is 11.0. The lowest BCUT2D eigenvalue weighted by molar-refractivity contribution is -0.383. The highest BCUT2D eigenvalue weighted by atomic mass is 35.5. The van der Waals surface area contributed by atoms with Gasteiger partial charge >= 0.3 is 0 Å². The molecule has 19 heavy (non-hydrogen) atoms. The average molecular weight is 307 g/mol. The third kappa shape index (κ3) is 4.53. The second kappa shape index (κ2) is 6.41. The minimum Gasteiger partial charge on any atom is -0.396 e. The number of rotatable bonds is 6. The number of nitrogens with zero attached hydrogens (tertiary/aromatic N) is 1. The van der Waals surface area contributed by atoms with Crippen LogP contribution in [0.4, 0.5) is 11.4 Å². The van der Waals surface area contributed by atoms with Crippen LogP contribution >= 0.6 is 23.2 Å². The summed E-state index contributed by atoms with van der Waals surface area (Å²) in [6.45, 7) is 4.46. The van der Waals surface area contributed by atoms with E-state index in [1.807, 2.05) is 13.8 Å². The van der Waals surface area contributed by atoms with Gasteiger partial charge in [0.25, 0.3) is 5.69 Å². The molecule has 1 aromatic rings. The van der Waals surface area contributed by atoms with Gasteiger partial charge in [-0.3, -0.25) is 10.1 Å². The van der Waals surface area contributed by atoms with E-state index in [4.69, 9.17) is 28.3 Å². The Morgan fingerprint density at radius 2 is 1.95 bits per heavy atom. The van der Waals surface area contributed by atoms with Gasteiger partial charge in [0.2, 0.25) is 0 Å². The number of benzene rings is 1.